The van der Waals surface area contributed by atoms with Crippen LogP contribution in [-0.4, -0.2) is 17.4 Å². The minimum absolute atomic E-state index is 0.0775. The average Bonchev–Trinajstić information content (AvgIpc) is 2.50. The van der Waals surface area contributed by atoms with E-state index < -0.39 is 0 Å². The van der Waals surface area contributed by atoms with E-state index >= 15 is 0 Å². The Kier molecular flexibility index (Phi) is 3.42. The van der Waals surface area contributed by atoms with E-state index in [0.717, 1.165) is 29.7 Å². The molecule has 108 valence electrons. The molecule has 0 aromatic heterocycles. The van der Waals surface area contributed by atoms with Gasteiger partial charge in [-0.15, -0.1) is 0 Å². The number of nitrogens with two attached hydrogens (primary N) is 1. The largest absolute Gasteiger partial charge is 0.398 e. The predicted octanol–water partition coefficient (Wildman–Crippen LogP) is 3.08. The zero-order valence-electron chi connectivity index (χ0n) is 12.5. The van der Waals surface area contributed by atoms with Crippen molar-refractivity contribution in [3.05, 3.63) is 64.2 Å². The Morgan fingerprint density at radius 3 is 2.57 bits per heavy atom. The van der Waals surface area contributed by atoms with E-state index in [1.54, 1.807) is 0 Å². The number of benzene rings is 2. The van der Waals surface area contributed by atoms with Crippen LogP contribution in [0.5, 0.6) is 0 Å². The van der Waals surface area contributed by atoms with Gasteiger partial charge in [-0.3, -0.25) is 4.79 Å². The average molecular weight is 280 g/mol. The lowest BCUT2D eigenvalue weighted by molar-refractivity contribution is 0.0734. The minimum Gasteiger partial charge on any atom is -0.398 e. The summed E-state index contributed by atoms with van der Waals surface area (Å²) in [5.41, 5.74) is 12.0. The topological polar surface area (TPSA) is 46.3 Å². The zero-order chi connectivity index (χ0) is 15.0. The molecule has 0 unspecified atom stereocenters. The van der Waals surface area contributed by atoms with E-state index in [2.05, 4.69) is 18.2 Å². The van der Waals surface area contributed by atoms with Crippen molar-refractivity contribution in [2.75, 3.05) is 12.3 Å². The normalized spacial score (nSPS) is 13.9. The highest BCUT2D eigenvalue weighted by Crippen LogP contribution is 2.23. The van der Waals surface area contributed by atoms with E-state index in [9.17, 15) is 4.79 Å². The monoisotopic (exact) mass is 280 g/mol. The summed E-state index contributed by atoms with van der Waals surface area (Å²) in [6.07, 6.45) is 0.919. The Labute approximate surface area is 125 Å². The van der Waals surface area contributed by atoms with Crippen LogP contribution in [0.2, 0.25) is 0 Å². The number of carbonyl (C=O) groups excluding carboxylic acids is 1. The van der Waals surface area contributed by atoms with Crippen molar-refractivity contribution < 1.29 is 4.79 Å². The number of nitrogens with zero attached hydrogens (tertiary/aromatic N) is 1. The highest BCUT2D eigenvalue weighted by atomic mass is 16.2. The molecule has 0 aliphatic carbocycles. The fraction of sp³-hybridized carbons (Fsp3) is 0.278. The van der Waals surface area contributed by atoms with Gasteiger partial charge in [0, 0.05) is 24.3 Å². The standard InChI is InChI=1S/C18H20N2O/c1-12-9-13(2)17(19)10-16(12)18(21)20-8-7-14-5-3-4-6-15(14)11-20/h3-6,9-10H,7-8,11,19H2,1-2H3. The van der Waals surface area contributed by atoms with Crippen LogP contribution >= 0.6 is 0 Å². The molecule has 1 aliphatic rings. The zero-order valence-corrected chi connectivity index (χ0v) is 12.5. The third kappa shape index (κ3) is 2.51. The third-order valence-electron chi connectivity index (χ3n) is 4.26. The fourth-order valence-electron chi connectivity index (χ4n) is 2.94. The van der Waals surface area contributed by atoms with E-state index in [0.29, 0.717) is 12.2 Å². The number of carbonyl (C=O) groups is 1. The van der Waals surface area contributed by atoms with Gasteiger partial charge in [0.15, 0.2) is 0 Å². The van der Waals surface area contributed by atoms with Crippen LogP contribution in [0.1, 0.15) is 32.6 Å². The van der Waals surface area contributed by atoms with Gasteiger partial charge in [-0.2, -0.15) is 0 Å². The first-order valence-corrected chi connectivity index (χ1v) is 7.29. The van der Waals surface area contributed by atoms with Crippen LogP contribution in [-0.2, 0) is 13.0 Å². The van der Waals surface area contributed by atoms with Crippen LogP contribution in [0.25, 0.3) is 0 Å². The molecule has 0 saturated heterocycles. The van der Waals surface area contributed by atoms with Gasteiger partial charge in [0.2, 0.25) is 0 Å². The Morgan fingerprint density at radius 2 is 1.81 bits per heavy atom. The number of amides is 1. The SMILES string of the molecule is Cc1cc(C)c(C(=O)N2CCc3ccccc3C2)cc1N. The molecule has 21 heavy (non-hydrogen) atoms. The molecule has 0 radical (unpaired) electrons. The van der Waals surface area contributed by atoms with Crippen molar-refractivity contribution >= 4 is 11.6 Å². The molecule has 0 bridgehead atoms. The summed E-state index contributed by atoms with van der Waals surface area (Å²) in [7, 11) is 0. The van der Waals surface area contributed by atoms with Crippen LogP contribution in [0.3, 0.4) is 0 Å². The molecule has 3 heteroatoms. The molecule has 3 rings (SSSR count). The van der Waals surface area contributed by atoms with Gasteiger partial charge in [0.1, 0.15) is 0 Å². The van der Waals surface area contributed by atoms with Gasteiger partial charge in [-0.1, -0.05) is 30.3 Å². The molecule has 0 atom stereocenters. The second kappa shape index (κ2) is 5.24. The van der Waals surface area contributed by atoms with Gasteiger partial charge >= 0.3 is 0 Å². The summed E-state index contributed by atoms with van der Waals surface area (Å²) in [4.78, 5) is 14.7. The van der Waals surface area contributed by atoms with E-state index in [-0.39, 0.29) is 5.91 Å². The number of anilines is 1. The van der Waals surface area contributed by atoms with Crippen molar-refractivity contribution in [1.82, 2.24) is 4.90 Å². The maximum Gasteiger partial charge on any atom is 0.254 e. The fourth-order valence-corrected chi connectivity index (χ4v) is 2.94. The lowest BCUT2D eigenvalue weighted by Crippen LogP contribution is -2.36. The van der Waals surface area contributed by atoms with Crippen molar-refractivity contribution in [3.63, 3.8) is 0 Å². The minimum atomic E-state index is 0.0775. The van der Waals surface area contributed by atoms with E-state index in [4.69, 9.17) is 5.73 Å². The molecule has 2 aromatic carbocycles. The molecule has 1 aliphatic heterocycles. The molecule has 1 heterocycles. The molecular weight excluding hydrogens is 260 g/mol. The summed E-state index contributed by atoms with van der Waals surface area (Å²) >= 11 is 0. The first kappa shape index (κ1) is 13.7. The van der Waals surface area contributed by atoms with Crippen LogP contribution in [0.4, 0.5) is 5.69 Å². The maximum absolute atomic E-state index is 12.8. The van der Waals surface area contributed by atoms with Crippen LogP contribution < -0.4 is 5.73 Å². The molecule has 1 amide bonds. The highest BCUT2D eigenvalue weighted by molar-refractivity contribution is 5.96. The highest BCUT2D eigenvalue weighted by Gasteiger charge is 2.23. The Morgan fingerprint density at radius 1 is 1.10 bits per heavy atom. The number of nitrogen functional groups attached to an aromatic ring is 1. The summed E-state index contributed by atoms with van der Waals surface area (Å²) in [6.45, 7) is 5.39. The summed E-state index contributed by atoms with van der Waals surface area (Å²) in [5, 5.41) is 0. The maximum atomic E-state index is 12.8. The molecular formula is C18H20N2O. The van der Waals surface area contributed by atoms with E-state index in [1.807, 2.05) is 36.9 Å². The van der Waals surface area contributed by atoms with E-state index in [1.165, 1.54) is 11.1 Å². The van der Waals surface area contributed by atoms with Crippen molar-refractivity contribution in [1.29, 1.82) is 0 Å². The second-order valence-corrected chi connectivity index (χ2v) is 5.77. The van der Waals surface area contributed by atoms with Crippen molar-refractivity contribution in [3.8, 4) is 0 Å². The molecule has 2 N–H and O–H groups in total. The number of aryl methyl sites for hydroxylation is 2. The number of fused-ring (bicyclic) bond motifs is 1. The quantitative estimate of drug-likeness (QED) is 0.816. The first-order chi connectivity index (χ1) is 10.1. The first-order valence-electron chi connectivity index (χ1n) is 7.29. The number of hydrogen-bond donors (Lipinski definition) is 1. The summed E-state index contributed by atoms with van der Waals surface area (Å²) in [6, 6.07) is 12.1. The molecule has 0 saturated carbocycles. The molecule has 0 spiro atoms. The van der Waals surface area contributed by atoms with Gasteiger partial charge in [-0.05, 0) is 48.6 Å². The van der Waals surface area contributed by atoms with Gasteiger partial charge in [-0.25, -0.2) is 0 Å². The lowest BCUT2D eigenvalue weighted by Gasteiger charge is -2.29. The van der Waals surface area contributed by atoms with Crippen molar-refractivity contribution in [2.45, 2.75) is 26.8 Å². The Balaban J connectivity index is 1.89. The number of rotatable bonds is 1. The Hall–Kier alpha value is -2.29. The Bertz CT molecular complexity index is 706. The smallest absolute Gasteiger partial charge is 0.254 e. The lowest BCUT2D eigenvalue weighted by atomic mass is 9.98. The van der Waals surface area contributed by atoms with Gasteiger partial charge in [0.25, 0.3) is 5.91 Å². The number of hydrogen-bond acceptors (Lipinski definition) is 2. The molecule has 3 nitrogen and oxygen atoms in total. The van der Waals surface area contributed by atoms with Gasteiger partial charge in [0.05, 0.1) is 0 Å². The summed E-state index contributed by atoms with van der Waals surface area (Å²) < 4.78 is 0. The van der Waals surface area contributed by atoms with Crippen LogP contribution in [0, 0.1) is 13.8 Å². The third-order valence-corrected chi connectivity index (χ3v) is 4.26. The molecule has 2 aromatic rings. The predicted molar refractivity (Wildman–Crippen MR) is 85.2 cm³/mol. The van der Waals surface area contributed by atoms with Crippen molar-refractivity contribution in [2.24, 2.45) is 0 Å². The molecule has 0 fully saturated rings. The van der Waals surface area contributed by atoms with Gasteiger partial charge < -0.3 is 10.6 Å². The second-order valence-electron chi connectivity index (χ2n) is 5.77. The summed E-state index contributed by atoms with van der Waals surface area (Å²) in [5.74, 6) is 0.0775. The van der Waals surface area contributed by atoms with Crippen LogP contribution in [0.15, 0.2) is 36.4 Å².